The third-order valence-corrected chi connectivity index (χ3v) is 5.04. The third-order valence-electron chi connectivity index (χ3n) is 3.37. The van der Waals surface area contributed by atoms with Crippen LogP contribution in [0.5, 0.6) is 0 Å². The molecule has 0 radical (unpaired) electrons. The lowest BCUT2D eigenvalue weighted by atomic mass is 10.1. The molecule has 0 aliphatic carbocycles. The fraction of sp³-hybridized carbons (Fsp3) is 0.600. The molecule has 5 heteroatoms. The van der Waals surface area contributed by atoms with Crippen molar-refractivity contribution < 1.29 is 8.42 Å². The van der Waals surface area contributed by atoms with Gasteiger partial charge in [-0.2, -0.15) is 0 Å². The first-order valence-electron chi connectivity index (χ1n) is 7.21. The van der Waals surface area contributed by atoms with Crippen LogP contribution in [0.15, 0.2) is 23.1 Å². The molecule has 0 aliphatic heterocycles. The van der Waals surface area contributed by atoms with Crippen LogP contribution in [0.1, 0.15) is 44.2 Å². The van der Waals surface area contributed by atoms with Crippen molar-refractivity contribution in [1.29, 1.82) is 0 Å². The molecule has 1 aromatic rings. The van der Waals surface area contributed by atoms with Crippen molar-refractivity contribution in [3.8, 4) is 0 Å². The van der Waals surface area contributed by atoms with E-state index in [1.807, 2.05) is 33.0 Å². The Morgan fingerprint density at radius 2 is 1.95 bits per heavy atom. The molecule has 0 aromatic heterocycles. The lowest BCUT2D eigenvalue weighted by Crippen LogP contribution is -2.34. The van der Waals surface area contributed by atoms with E-state index in [1.54, 1.807) is 6.07 Å². The van der Waals surface area contributed by atoms with Gasteiger partial charge in [-0.25, -0.2) is 13.1 Å². The van der Waals surface area contributed by atoms with Crippen molar-refractivity contribution in [2.24, 2.45) is 0 Å². The van der Waals surface area contributed by atoms with E-state index in [9.17, 15) is 8.42 Å². The van der Waals surface area contributed by atoms with E-state index < -0.39 is 10.0 Å². The van der Waals surface area contributed by atoms with Crippen molar-refractivity contribution in [2.45, 2.75) is 57.5 Å². The molecule has 0 heterocycles. The van der Waals surface area contributed by atoms with Crippen molar-refractivity contribution >= 4 is 10.0 Å². The molecule has 1 unspecified atom stereocenters. The zero-order valence-electron chi connectivity index (χ0n) is 12.9. The van der Waals surface area contributed by atoms with Crippen molar-refractivity contribution in [3.63, 3.8) is 0 Å². The van der Waals surface area contributed by atoms with E-state index in [1.165, 1.54) is 0 Å². The largest absolute Gasteiger partial charge is 0.316 e. The number of aryl methyl sites for hydroxylation is 1. The van der Waals surface area contributed by atoms with Crippen LogP contribution < -0.4 is 10.0 Å². The van der Waals surface area contributed by atoms with E-state index >= 15 is 0 Å². The second-order valence-electron chi connectivity index (χ2n) is 5.15. The summed E-state index contributed by atoms with van der Waals surface area (Å²) in [5, 5.41) is 3.04. The maximum atomic E-state index is 12.5. The van der Waals surface area contributed by atoms with Gasteiger partial charge in [-0.1, -0.05) is 32.4 Å². The van der Waals surface area contributed by atoms with Gasteiger partial charge in [0.1, 0.15) is 0 Å². The first-order valence-corrected chi connectivity index (χ1v) is 8.69. The predicted molar refractivity (Wildman–Crippen MR) is 83.3 cm³/mol. The highest BCUT2D eigenvalue weighted by molar-refractivity contribution is 7.89. The van der Waals surface area contributed by atoms with Crippen LogP contribution in [0.4, 0.5) is 0 Å². The van der Waals surface area contributed by atoms with Crippen molar-refractivity contribution in [3.05, 3.63) is 29.3 Å². The summed E-state index contributed by atoms with van der Waals surface area (Å²) in [5.41, 5.74) is 1.76. The van der Waals surface area contributed by atoms with E-state index in [2.05, 4.69) is 17.0 Å². The lowest BCUT2D eigenvalue weighted by molar-refractivity contribution is 0.512. The monoisotopic (exact) mass is 298 g/mol. The molecule has 1 rings (SSSR count). The first kappa shape index (κ1) is 17.1. The average molecular weight is 298 g/mol. The van der Waals surface area contributed by atoms with Crippen LogP contribution in [-0.4, -0.2) is 21.5 Å². The van der Waals surface area contributed by atoms with Crippen molar-refractivity contribution in [1.82, 2.24) is 10.0 Å². The summed E-state index contributed by atoms with van der Waals surface area (Å²) in [6.45, 7) is 6.57. The molecule has 1 aromatic carbocycles. The van der Waals surface area contributed by atoms with Crippen molar-refractivity contribution in [2.75, 3.05) is 7.05 Å². The van der Waals surface area contributed by atoms with E-state index in [-0.39, 0.29) is 6.04 Å². The Kier molecular flexibility index (Phi) is 6.65. The smallest absolute Gasteiger partial charge is 0.241 e. The molecule has 1 atom stereocenters. The van der Waals surface area contributed by atoms with Gasteiger partial charge in [0.15, 0.2) is 0 Å². The Morgan fingerprint density at radius 1 is 1.25 bits per heavy atom. The maximum Gasteiger partial charge on any atom is 0.241 e. The summed E-state index contributed by atoms with van der Waals surface area (Å²) in [5.74, 6) is 0. The molecule has 0 spiro atoms. The molecule has 114 valence electrons. The molecular formula is C15H26N2O2S. The minimum Gasteiger partial charge on any atom is -0.316 e. The normalized spacial score (nSPS) is 13.4. The maximum absolute atomic E-state index is 12.5. The summed E-state index contributed by atoms with van der Waals surface area (Å²) >= 11 is 0. The Bertz CT molecular complexity index is 527. The number of hydrogen-bond donors (Lipinski definition) is 2. The van der Waals surface area contributed by atoms with Crippen LogP contribution in [0.25, 0.3) is 0 Å². The molecule has 0 saturated carbocycles. The number of hydrogen-bond acceptors (Lipinski definition) is 3. The standard InChI is InChI=1S/C15H26N2O2S/c1-5-7-14(6-2)17-20(18,19)15-10-13(11-16-4)9-8-12(15)3/h8-10,14,16-17H,5-7,11H2,1-4H3. The fourth-order valence-corrected chi connectivity index (χ4v) is 3.87. The lowest BCUT2D eigenvalue weighted by Gasteiger charge is -2.18. The number of benzene rings is 1. The fourth-order valence-electron chi connectivity index (χ4n) is 2.23. The van der Waals surface area contributed by atoms with Crippen LogP contribution in [0, 0.1) is 6.92 Å². The molecule has 4 nitrogen and oxygen atoms in total. The summed E-state index contributed by atoms with van der Waals surface area (Å²) in [6.07, 6.45) is 2.65. The minimum atomic E-state index is -3.44. The van der Waals surface area contributed by atoms with Crippen LogP contribution in [-0.2, 0) is 16.6 Å². The van der Waals surface area contributed by atoms with Gasteiger partial charge < -0.3 is 5.32 Å². The van der Waals surface area contributed by atoms with Crippen LogP contribution in [0.2, 0.25) is 0 Å². The number of rotatable bonds is 8. The van der Waals surface area contributed by atoms with E-state index in [0.29, 0.717) is 11.4 Å². The highest BCUT2D eigenvalue weighted by atomic mass is 32.2. The molecule has 20 heavy (non-hydrogen) atoms. The van der Waals surface area contributed by atoms with E-state index in [0.717, 1.165) is 30.4 Å². The SMILES string of the molecule is CCCC(CC)NS(=O)(=O)c1cc(CNC)ccc1C. The van der Waals surface area contributed by atoms with Gasteiger partial charge in [0.2, 0.25) is 10.0 Å². The molecular weight excluding hydrogens is 272 g/mol. The van der Waals surface area contributed by atoms with Gasteiger partial charge in [-0.15, -0.1) is 0 Å². The van der Waals surface area contributed by atoms with Crippen LogP contribution in [0.3, 0.4) is 0 Å². The summed E-state index contributed by atoms with van der Waals surface area (Å²) in [7, 11) is -1.60. The van der Waals surface area contributed by atoms with Gasteiger partial charge in [0.05, 0.1) is 4.90 Å². The Hall–Kier alpha value is -0.910. The summed E-state index contributed by atoms with van der Waals surface area (Å²) < 4.78 is 27.9. The molecule has 0 saturated heterocycles. The second kappa shape index (κ2) is 7.76. The Morgan fingerprint density at radius 3 is 2.50 bits per heavy atom. The number of nitrogens with one attached hydrogen (secondary N) is 2. The van der Waals surface area contributed by atoms with Gasteiger partial charge >= 0.3 is 0 Å². The quantitative estimate of drug-likeness (QED) is 0.775. The average Bonchev–Trinajstić information content (AvgIpc) is 2.40. The Labute approximate surface area is 123 Å². The number of sulfonamides is 1. The molecule has 2 N–H and O–H groups in total. The zero-order chi connectivity index (χ0) is 15.2. The topological polar surface area (TPSA) is 58.2 Å². The van der Waals surface area contributed by atoms with Gasteiger partial charge in [-0.05, 0) is 44.0 Å². The first-order chi connectivity index (χ1) is 9.44. The third kappa shape index (κ3) is 4.58. The Balaban J connectivity index is 3.04. The highest BCUT2D eigenvalue weighted by Crippen LogP contribution is 2.18. The van der Waals surface area contributed by atoms with E-state index in [4.69, 9.17) is 0 Å². The highest BCUT2D eigenvalue weighted by Gasteiger charge is 2.20. The molecule has 0 aliphatic rings. The van der Waals surface area contributed by atoms with Crippen LogP contribution >= 0.6 is 0 Å². The minimum absolute atomic E-state index is 0.0114. The zero-order valence-corrected chi connectivity index (χ0v) is 13.7. The molecule has 0 bridgehead atoms. The van der Waals surface area contributed by atoms with Gasteiger partial charge in [-0.3, -0.25) is 0 Å². The van der Waals surface area contributed by atoms with Gasteiger partial charge in [0.25, 0.3) is 0 Å². The molecule has 0 fully saturated rings. The second-order valence-corrected chi connectivity index (χ2v) is 6.83. The summed E-state index contributed by atoms with van der Waals surface area (Å²) in [4.78, 5) is 0.389. The predicted octanol–water partition coefficient (Wildman–Crippen LogP) is 2.57. The van der Waals surface area contributed by atoms with Gasteiger partial charge in [0, 0.05) is 12.6 Å². The molecule has 0 amide bonds. The summed E-state index contributed by atoms with van der Waals surface area (Å²) in [6, 6.07) is 5.58.